The minimum Gasteiger partial charge on any atom is -0.258 e. The molecule has 10 heteroatoms. The number of para-hydroxylation sites is 1. The molecule has 0 N–H and O–H groups in total. The molecule has 0 bridgehead atoms. The molecule has 2 aromatic carbocycles. The lowest BCUT2D eigenvalue weighted by Crippen LogP contribution is -2.02. The highest BCUT2D eigenvalue weighted by molar-refractivity contribution is 7.90. The predicted molar refractivity (Wildman–Crippen MR) is 81.0 cm³/mol. The van der Waals surface area contributed by atoms with Gasteiger partial charge in [0.05, 0.1) is 9.85 Å². The fourth-order valence-electron chi connectivity index (χ4n) is 1.70. The van der Waals surface area contributed by atoms with Gasteiger partial charge in [-0.1, -0.05) is 12.1 Å². The van der Waals surface area contributed by atoms with Gasteiger partial charge in [-0.25, -0.2) is 0 Å². The van der Waals surface area contributed by atoms with Crippen LogP contribution < -0.4 is 0 Å². The summed E-state index contributed by atoms with van der Waals surface area (Å²) in [5, 5.41) is 21.4. The summed E-state index contributed by atoms with van der Waals surface area (Å²) in [6.07, 6.45) is 0.968. The van der Waals surface area contributed by atoms with E-state index in [2.05, 4.69) is 4.40 Å². The maximum atomic E-state index is 12.1. The molecule has 2 rings (SSSR count). The van der Waals surface area contributed by atoms with Gasteiger partial charge in [0.25, 0.3) is 21.4 Å². The second kappa shape index (κ2) is 6.32. The average molecular weight is 335 g/mol. The van der Waals surface area contributed by atoms with Crippen LogP contribution in [0.2, 0.25) is 0 Å². The second-order valence-corrected chi connectivity index (χ2v) is 5.88. The summed E-state index contributed by atoms with van der Waals surface area (Å²) in [4.78, 5) is 19.5. The Morgan fingerprint density at radius 2 is 1.52 bits per heavy atom. The molecule has 0 saturated carbocycles. The minimum absolute atomic E-state index is 0.149. The number of benzene rings is 2. The van der Waals surface area contributed by atoms with Crippen LogP contribution in [0, 0.1) is 20.2 Å². The molecular formula is C13H9N3O6S. The molecule has 0 spiro atoms. The van der Waals surface area contributed by atoms with Gasteiger partial charge in [0, 0.05) is 24.4 Å². The zero-order chi connectivity index (χ0) is 17.0. The summed E-state index contributed by atoms with van der Waals surface area (Å²) in [5.41, 5.74) is -0.421. The van der Waals surface area contributed by atoms with E-state index in [-0.39, 0.29) is 5.69 Å². The number of hydrogen-bond donors (Lipinski definition) is 0. The van der Waals surface area contributed by atoms with Crippen LogP contribution in [0.15, 0.2) is 57.8 Å². The fraction of sp³-hybridized carbons (Fsp3) is 0. The van der Waals surface area contributed by atoms with E-state index in [0.717, 1.165) is 18.3 Å². The first-order valence-corrected chi connectivity index (χ1v) is 7.53. The summed E-state index contributed by atoms with van der Waals surface area (Å²) < 4.78 is 27.6. The number of nitro benzene ring substituents is 2. The Morgan fingerprint density at radius 1 is 0.913 bits per heavy atom. The molecular weight excluding hydrogens is 326 g/mol. The molecule has 0 saturated heterocycles. The Balaban J connectivity index is 2.35. The van der Waals surface area contributed by atoms with Gasteiger partial charge >= 0.3 is 0 Å². The zero-order valence-corrected chi connectivity index (χ0v) is 12.2. The van der Waals surface area contributed by atoms with Crippen molar-refractivity contribution < 1.29 is 18.3 Å². The molecule has 0 fully saturated rings. The van der Waals surface area contributed by atoms with E-state index in [1.54, 1.807) is 0 Å². The van der Waals surface area contributed by atoms with Crippen LogP contribution in [-0.4, -0.2) is 24.5 Å². The van der Waals surface area contributed by atoms with Crippen LogP contribution in [-0.2, 0) is 10.0 Å². The van der Waals surface area contributed by atoms with Gasteiger partial charge in [0.15, 0.2) is 4.90 Å². The van der Waals surface area contributed by atoms with Gasteiger partial charge in [0.2, 0.25) is 0 Å². The summed E-state index contributed by atoms with van der Waals surface area (Å²) in [5.74, 6) is 0. The molecule has 0 aliphatic heterocycles. The molecule has 0 radical (unpaired) electrons. The molecule has 0 unspecified atom stereocenters. The Hall–Kier alpha value is -3.14. The standard InChI is InChI=1S/C13H9N3O6S/c17-15(18)11-7-5-10(6-8-11)9-14-23(21,22)13-4-2-1-3-12(13)16(19)20/h1-9H/b14-9+. The third-order valence-electron chi connectivity index (χ3n) is 2.78. The van der Waals surface area contributed by atoms with Crippen molar-refractivity contribution in [1.82, 2.24) is 0 Å². The van der Waals surface area contributed by atoms with Crippen molar-refractivity contribution in [2.75, 3.05) is 0 Å². The molecule has 0 atom stereocenters. The van der Waals surface area contributed by atoms with Gasteiger partial charge in [-0.2, -0.15) is 12.8 Å². The number of nitro groups is 2. The highest BCUT2D eigenvalue weighted by atomic mass is 32.2. The number of nitrogens with zero attached hydrogens (tertiary/aromatic N) is 3. The van der Waals surface area contributed by atoms with Crippen molar-refractivity contribution in [3.05, 3.63) is 74.3 Å². The molecule has 2 aromatic rings. The predicted octanol–water partition coefficient (Wildman–Crippen LogP) is 2.31. The van der Waals surface area contributed by atoms with Crippen LogP contribution in [0.1, 0.15) is 5.56 Å². The Morgan fingerprint density at radius 3 is 2.09 bits per heavy atom. The maximum Gasteiger partial charge on any atom is 0.289 e. The summed E-state index contributed by atoms with van der Waals surface area (Å²) in [6.45, 7) is 0. The Labute approximate surface area is 130 Å². The number of rotatable bonds is 5. The van der Waals surface area contributed by atoms with E-state index in [1.165, 1.54) is 36.4 Å². The first-order valence-electron chi connectivity index (χ1n) is 6.09. The van der Waals surface area contributed by atoms with Crippen LogP contribution in [0.3, 0.4) is 0 Å². The Kier molecular flexibility index (Phi) is 4.46. The zero-order valence-electron chi connectivity index (χ0n) is 11.4. The molecule has 23 heavy (non-hydrogen) atoms. The van der Waals surface area contributed by atoms with Gasteiger partial charge in [-0.05, 0) is 23.8 Å². The first kappa shape index (κ1) is 16.2. The number of non-ortho nitro benzene ring substituents is 1. The first-order chi connectivity index (χ1) is 10.8. The quantitative estimate of drug-likeness (QED) is 0.467. The largest absolute Gasteiger partial charge is 0.289 e. The van der Waals surface area contributed by atoms with Crippen LogP contribution in [0.25, 0.3) is 0 Å². The Bertz CT molecular complexity index is 890. The number of sulfonamides is 1. The highest BCUT2D eigenvalue weighted by Crippen LogP contribution is 2.24. The van der Waals surface area contributed by atoms with Crippen molar-refractivity contribution in [2.24, 2.45) is 4.40 Å². The van der Waals surface area contributed by atoms with Gasteiger partial charge in [-0.3, -0.25) is 20.2 Å². The minimum atomic E-state index is -4.27. The van der Waals surface area contributed by atoms with Crippen LogP contribution in [0.5, 0.6) is 0 Å². The van der Waals surface area contributed by atoms with E-state index in [9.17, 15) is 28.6 Å². The molecule has 9 nitrogen and oxygen atoms in total. The van der Waals surface area contributed by atoms with E-state index in [1.807, 2.05) is 0 Å². The molecule has 0 heterocycles. The van der Waals surface area contributed by atoms with E-state index < -0.39 is 30.5 Å². The third-order valence-corrected chi connectivity index (χ3v) is 4.07. The van der Waals surface area contributed by atoms with E-state index in [0.29, 0.717) is 5.56 Å². The molecule has 118 valence electrons. The van der Waals surface area contributed by atoms with E-state index in [4.69, 9.17) is 0 Å². The van der Waals surface area contributed by atoms with E-state index >= 15 is 0 Å². The maximum absolute atomic E-state index is 12.1. The topological polar surface area (TPSA) is 133 Å². The SMILES string of the molecule is O=[N+]([O-])c1ccc(/C=N/S(=O)(=O)c2ccccc2[N+](=O)[O-])cc1. The third kappa shape index (κ3) is 3.74. The van der Waals surface area contributed by atoms with Gasteiger partial charge in [0.1, 0.15) is 0 Å². The van der Waals surface area contributed by atoms with Crippen molar-refractivity contribution in [1.29, 1.82) is 0 Å². The van der Waals surface area contributed by atoms with Crippen molar-refractivity contribution in [2.45, 2.75) is 4.90 Å². The number of hydrogen-bond acceptors (Lipinski definition) is 6. The van der Waals surface area contributed by atoms with Crippen molar-refractivity contribution >= 4 is 27.6 Å². The van der Waals surface area contributed by atoms with Gasteiger partial charge in [-0.15, -0.1) is 0 Å². The summed E-state index contributed by atoms with van der Waals surface area (Å²) in [6, 6.07) is 9.86. The average Bonchev–Trinajstić information content (AvgIpc) is 2.53. The fourth-order valence-corrected chi connectivity index (χ4v) is 2.73. The molecule has 0 amide bonds. The van der Waals surface area contributed by atoms with Crippen molar-refractivity contribution in [3.8, 4) is 0 Å². The smallest absolute Gasteiger partial charge is 0.258 e. The van der Waals surface area contributed by atoms with Crippen molar-refractivity contribution in [3.63, 3.8) is 0 Å². The van der Waals surface area contributed by atoms with Gasteiger partial charge < -0.3 is 0 Å². The monoisotopic (exact) mass is 335 g/mol. The highest BCUT2D eigenvalue weighted by Gasteiger charge is 2.23. The molecule has 0 aliphatic carbocycles. The second-order valence-electron chi connectivity index (χ2n) is 4.28. The summed E-state index contributed by atoms with van der Waals surface area (Å²) >= 11 is 0. The normalized spacial score (nSPS) is 11.5. The lowest BCUT2D eigenvalue weighted by molar-refractivity contribution is -0.387. The molecule has 0 aromatic heterocycles. The van der Waals surface area contributed by atoms with Crippen LogP contribution in [0.4, 0.5) is 11.4 Å². The lowest BCUT2D eigenvalue weighted by atomic mass is 10.2. The lowest BCUT2D eigenvalue weighted by Gasteiger charge is -2.00. The van der Waals surface area contributed by atoms with Crippen LogP contribution >= 0.6 is 0 Å². The molecule has 0 aliphatic rings. The summed E-state index contributed by atoms with van der Waals surface area (Å²) in [7, 11) is -4.27.